The third-order valence-electron chi connectivity index (χ3n) is 1.92. The predicted molar refractivity (Wildman–Crippen MR) is 63.7 cm³/mol. The molecule has 0 saturated heterocycles. The first kappa shape index (κ1) is 12.0. The van der Waals surface area contributed by atoms with Crippen LogP contribution < -0.4 is 5.32 Å². The average Bonchev–Trinajstić information content (AvgIpc) is 2.20. The summed E-state index contributed by atoms with van der Waals surface area (Å²) in [6.45, 7) is 1.81. The van der Waals surface area contributed by atoms with Crippen LogP contribution in [0, 0.1) is 0 Å². The molecule has 0 fully saturated rings. The molecule has 1 rings (SSSR count). The molecule has 1 heterocycles. The highest BCUT2D eigenvalue weighted by atomic mass is 79.9. The number of pyridine rings is 1. The highest BCUT2D eigenvalue weighted by molar-refractivity contribution is 9.10. The summed E-state index contributed by atoms with van der Waals surface area (Å²) in [5.74, 6) is 0.702. The molecule has 0 aromatic carbocycles. The van der Waals surface area contributed by atoms with E-state index in [1.807, 2.05) is 19.1 Å². The van der Waals surface area contributed by atoms with Crippen molar-refractivity contribution in [1.29, 1.82) is 0 Å². The van der Waals surface area contributed by atoms with Gasteiger partial charge in [0.15, 0.2) is 0 Å². The molecular weight excluding hydrogens is 258 g/mol. The van der Waals surface area contributed by atoms with Gasteiger partial charge in [0, 0.05) is 20.3 Å². The third-order valence-corrected chi connectivity index (χ3v) is 2.56. The summed E-state index contributed by atoms with van der Waals surface area (Å²) in [5.41, 5.74) is 0. The van der Waals surface area contributed by atoms with Gasteiger partial charge in [-0.25, -0.2) is 4.98 Å². The van der Waals surface area contributed by atoms with Crippen LogP contribution in [0.5, 0.6) is 0 Å². The minimum Gasteiger partial charge on any atom is -0.358 e. The van der Waals surface area contributed by atoms with Crippen LogP contribution in [-0.2, 0) is 4.79 Å². The van der Waals surface area contributed by atoms with Gasteiger partial charge in [0.1, 0.15) is 11.9 Å². The van der Waals surface area contributed by atoms with Gasteiger partial charge in [-0.2, -0.15) is 0 Å². The topological polar surface area (TPSA) is 45.2 Å². The zero-order valence-corrected chi connectivity index (χ0v) is 10.6. The fourth-order valence-corrected chi connectivity index (χ4v) is 1.52. The summed E-state index contributed by atoms with van der Waals surface area (Å²) in [5, 5.41) is 3.04. The lowest BCUT2D eigenvalue weighted by molar-refractivity contribution is -0.129. The van der Waals surface area contributed by atoms with E-state index < -0.39 is 0 Å². The van der Waals surface area contributed by atoms with Crippen LogP contribution >= 0.6 is 15.9 Å². The molecule has 82 valence electrons. The number of carbonyl (C=O) groups excluding carboxylic acids is 1. The predicted octanol–water partition coefficient (Wildman–Crippen LogP) is 1.73. The van der Waals surface area contributed by atoms with Crippen LogP contribution in [0.1, 0.15) is 6.92 Å². The minimum atomic E-state index is -0.286. The number of halogens is 1. The number of anilines is 1. The molecule has 1 atom stereocenters. The van der Waals surface area contributed by atoms with Crippen LogP contribution in [-0.4, -0.2) is 35.9 Å². The van der Waals surface area contributed by atoms with E-state index in [2.05, 4.69) is 26.2 Å². The lowest BCUT2D eigenvalue weighted by Gasteiger charge is -2.18. The van der Waals surface area contributed by atoms with Crippen molar-refractivity contribution in [3.05, 3.63) is 22.8 Å². The van der Waals surface area contributed by atoms with Crippen LogP contribution in [0.4, 0.5) is 5.82 Å². The van der Waals surface area contributed by atoms with E-state index in [-0.39, 0.29) is 11.9 Å². The summed E-state index contributed by atoms with van der Waals surface area (Å²) in [6, 6.07) is 3.42. The van der Waals surface area contributed by atoms with Gasteiger partial charge in [0.2, 0.25) is 5.91 Å². The van der Waals surface area contributed by atoms with E-state index in [0.29, 0.717) is 5.82 Å². The van der Waals surface area contributed by atoms with Crippen LogP contribution in [0.15, 0.2) is 22.8 Å². The zero-order valence-electron chi connectivity index (χ0n) is 8.99. The molecule has 5 heteroatoms. The number of carbonyl (C=O) groups is 1. The molecule has 0 spiro atoms. The second-order valence-electron chi connectivity index (χ2n) is 3.43. The molecule has 0 radical (unpaired) electrons. The maximum Gasteiger partial charge on any atom is 0.244 e. The van der Waals surface area contributed by atoms with Gasteiger partial charge in [-0.05, 0) is 35.0 Å². The third kappa shape index (κ3) is 3.20. The molecule has 0 saturated carbocycles. The Kier molecular flexibility index (Phi) is 4.08. The normalized spacial score (nSPS) is 12.0. The fourth-order valence-electron chi connectivity index (χ4n) is 1.15. The Bertz CT molecular complexity index is 354. The molecule has 0 aliphatic heterocycles. The first-order valence-corrected chi connectivity index (χ1v) is 5.40. The zero-order chi connectivity index (χ0) is 11.4. The standard InChI is InChI=1S/C10H14BrN3O/c1-7(10(15)14(2)3)13-9-8(11)5-4-6-12-9/h4-7H,1-3H3,(H,12,13). The van der Waals surface area contributed by atoms with Gasteiger partial charge >= 0.3 is 0 Å². The van der Waals surface area contributed by atoms with Crippen LogP contribution in [0.3, 0.4) is 0 Å². The molecule has 1 N–H and O–H groups in total. The van der Waals surface area contributed by atoms with Gasteiger partial charge in [-0.3, -0.25) is 4.79 Å². The number of hydrogen-bond donors (Lipinski definition) is 1. The Morgan fingerprint density at radius 2 is 2.27 bits per heavy atom. The van der Waals surface area contributed by atoms with Gasteiger partial charge in [0.25, 0.3) is 0 Å². The first-order valence-electron chi connectivity index (χ1n) is 4.60. The maximum absolute atomic E-state index is 11.6. The molecule has 1 aromatic rings. The largest absolute Gasteiger partial charge is 0.358 e. The first-order chi connectivity index (χ1) is 7.02. The average molecular weight is 272 g/mol. The highest BCUT2D eigenvalue weighted by Crippen LogP contribution is 2.19. The van der Waals surface area contributed by atoms with E-state index >= 15 is 0 Å². The van der Waals surface area contributed by atoms with Crippen molar-refractivity contribution in [3.63, 3.8) is 0 Å². The van der Waals surface area contributed by atoms with Crippen molar-refractivity contribution >= 4 is 27.7 Å². The summed E-state index contributed by atoms with van der Waals surface area (Å²) in [4.78, 5) is 17.3. The van der Waals surface area contributed by atoms with Gasteiger partial charge < -0.3 is 10.2 Å². The SMILES string of the molecule is CC(Nc1ncccc1Br)C(=O)N(C)C. The number of nitrogens with zero attached hydrogens (tertiary/aromatic N) is 2. The number of likely N-dealkylation sites (N-methyl/N-ethyl adjacent to an activating group) is 1. The lowest BCUT2D eigenvalue weighted by Crippen LogP contribution is -2.36. The quantitative estimate of drug-likeness (QED) is 0.911. The van der Waals surface area contributed by atoms with E-state index in [1.165, 1.54) is 0 Å². The number of nitrogens with one attached hydrogen (secondary N) is 1. The van der Waals surface area contributed by atoms with Crippen molar-refractivity contribution in [1.82, 2.24) is 9.88 Å². The van der Waals surface area contributed by atoms with Crippen molar-refractivity contribution < 1.29 is 4.79 Å². The monoisotopic (exact) mass is 271 g/mol. The van der Waals surface area contributed by atoms with Crippen molar-refractivity contribution in [2.75, 3.05) is 19.4 Å². The highest BCUT2D eigenvalue weighted by Gasteiger charge is 2.15. The molecule has 1 aromatic heterocycles. The molecule has 0 bridgehead atoms. The molecule has 0 aliphatic rings. The summed E-state index contributed by atoms with van der Waals surface area (Å²) < 4.78 is 0.850. The molecule has 4 nitrogen and oxygen atoms in total. The Morgan fingerprint density at radius 3 is 2.80 bits per heavy atom. The Morgan fingerprint density at radius 1 is 1.60 bits per heavy atom. The van der Waals surface area contributed by atoms with Gasteiger partial charge in [-0.1, -0.05) is 0 Å². The van der Waals surface area contributed by atoms with E-state index in [0.717, 1.165) is 4.47 Å². The Labute approximate surface area is 97.8 Å². The van der Waals surface area contributed by atoms with Gasteiger partial charge in [-0.15, -0.1) is 0 Å². The van der Waals surface area contributed by atoms with Gasteiger partial charge in [0.05, 0.1) is 4.47 Å². The lowest BCUT2D eigenvalue weighted by atomic mass is 10.3. The van der Waals surface area contributed by atoms with E-state index in [1.54, 1.807) is 25.2 Å². The molecule has 15 heavy (non-hydrogen) atoms. The summed E-state index contributed by atoms with van der Waals surface area (Å²) >= 11 is 3.36. The number of amides is 1. The molecule has 0 aliphatic carbocycles. The molecule has 1 amide bonds. The summed E-state index contributed by atoms with van der Waals surface area (Å²) in [7, 11) is 3.46. The van der Waals surface area contributed by atoms with E-state index in [9.17, 15) is 4.79 Å². The van der Waals surface area contributed by atoms with Crippen LogP contribution in [0.25, 0.3) is 0 Å². The Hall–Kier alpha value is -1.10. The number of rotatable bonds is 3. The van der Waals surface area contributed by atoms with Crippen molar-refractivity contribution in [2.45, 2.75) is 13.0 Å². The molecule has 1 unspecified atom stereocenters. The Balaban J connectivity index is 2.71. The fraction of sp³-hybridized carbons (Fsp3) is 0.400. The number of aromatic nitrogens is 1. The molecular formula is C10H14BrN3O. The van der Waals surface area contributed by atoms with E-state index in [4.69, 9.17) is 0 Å². The van der Waals surface area contributed by atoms with Crippen LogP contribution in [0.2, 0.25) is 0 Å². The second kappa shape index (κ2) is 5.11. The number of hydrogen-bond acceptors (Lipinski definition) is 3. The van der Waals surface area contributed by atoms with Crippen molar-refractivity contribution in [3.8, 4) is 0 Å². The smallest absolute Gasteiger partial charge is 0.244 e. The summed E-state index contributed by atoms with van der Waals surface area (Å²) in [6.07, 6.45) is 1.68. The maximum atomic E-state index is 11.6. The second-order valence-corrected chi connectivity index (χ2v) is 4.29. The van der Waals surface area contributed by atoms with Crippen molar-refractivity contribution in [2.24, 2.45) is 0 Å². The minimum absolute atomic E-state index is 0.0209.